The predicted molar refractivity (Wildman–Crippen MR) is 71.5 cm³/mol. The highest BCUT2D eigenvalue weighted by Crippen LogP contribution is 2.31. The molecule has 1 aliphatic rings. The lowest BCUT2D eigenvalue weighted by atomic mass is 9.79. The van der Waals surface area contributed by atoms with Crippen molar-refractivity contribution in [2.75, 3.05) is 6.54 Å². The van der Waals surface area contributed by atoms with Crippen molar-refractivity contribution in [2.24, 2.45) is 5.92 Å². The zero-order valence-electron chi connectivity index (χ0n) is 11.6. The van der Waals surface area contributed by atoms with Gasteiger partial charge >= 0.3 is 5.97 Å². The van der Waals surface area contributed by atoms with Crippen LogP contribution in [0.3, 0.4) is 0 Å². The summed E-state index contributed by atoms with van der Waals surface area (Å²) < 4.78 is 0. The maximum absolute atomic E-state index is 11.1. The van der Waals surface area contributed by atoms with Crippen molar-refractivity contribution in [3.63, 3.8) is 0 Å². The summed E-state index contributed by atoms with van der Waals surface area (Å²) in [5, 5.41) is 22.6. The number of hydrogen-bond acceptors (Lipinski definition) is 3. The van der Waals surface area contributed by atoms with Gasteiger partial charge in [0.2, 0.25) is 0 Å². The minimum atomic E-state index is -0.809. The summed E-state index contributed by atoms with van der Waals surface area (Å²) in [6.07, 6.45) is 6.29. The molecule has 1 rings (SSSR count). The van der Waals surface area contributed by atoms with Gasteiger partial charge in [-0.05, 0) is 25.2 Å². The van der Waals surface area contributed by atoms with Crippen molar-refractivity contribution in [3.8, 4) is 0 Å². The number of aliphatic hydroxyl groups is 1. The lowest BCUT2D eigenvalue weighted by Crippen LogP contribution is -2.49. The molecule has 0 saturated heterocycles. The number of nitrogens with one attached hydrogen (secondary N) is 1. The third-order valence-electron chi connectivity index (χ3n) is 3.89. The fraction of sp³-hybridized carbons (Fsp3) is 0.929. The lowest BCUT2D eigenvalue weighted by molar-refractivity contribution is -0.140. The van der Waals surface area contributed by atoms with Crippen molar-refractivity contribution in [1.29, 1.82) is 0 Å². The standard InChI is InChI=1S/C14H27NO3/c1-3-4-7-12(13(16)17)15-10-14(18)8-5-6-11(2)9-14/h11-12,15,18H,3-10H2,1-2H3,(H,16,17). The third kappa shape index (κ3) is 4.94. The predicted octanol–water partition coefficient (Wildman–Crippen LogP) is 2.16. The van der Waals surface area contributed by atoms with Crippen LogP contribution in [-0.4, -0.2) is 34.4 Å². The second-order valence-corrected chi connectivity index (χ2v) is 5.84. The fourth-order valence-corrected chi connectivity index (χ4v) is 2.83. The van der Waals surface area contributed by atoms with Gasteiger partial charge in [0.15, 0.2) is 0 Å². The van der Waals surface area contributed by atoms with Crippen LogP contribution in [0.15, 0.2) is 0 Å². The normalized spacial score (nSPS) is 30.1. The molecular formula is C14H27NO3. The molecule has 4 nitrogen and oxygen atoms in total. The average Bonchev–Trinajstić information content (AvgIpc) is 2.28. The topological polar surface area (TPSA) is 69.6 Å². The number of carboxylic acid groups (broad SMARTS) is 1. The fourth-order valence-electron chi connectivity index (χ4n) is 2.83. The monoisotopic (exact) mass is 257 g/mol. The molecule has 3 atom stereocenters. The van der Waals surface area contributed by atoms with Crippen LogP contribution >= 0.6 is 0 Å². The van der Waals surface area contributed by atoms with Gasteiger partial charge in [-0.15, -0.1) is 0 Å². The van der Waals surface area contributed by atoms with Crippen LogP contribution in [-0.2, 0) is 4.79 Å². The summed E-state index contributed by atoms with van der Waals surface area (Å²) in [5.41, 5.74) is -0.711. The van der Waals surface area contributed by atoms with Gasteiger partial charge in [0.1, 0.15) is 6.04 Å². The van der Waals surface area contributed by atoms with Gasteiger partial charge in [0.25, 0.3) is 0 Å². The zero-order chi connectivity index (χ0) is 13.6. The Hall–Kier alpha value is -0.610. The number of carbonyl (C=O) groups is 1. The SMILES string of the molecule is CCCCC(NCC1(O)CCCC(C)C1)C(=O)O. The van der Waals surface area contributed by atoms with E-state index in [4.69, 9.17) is 5.11 Å². The summed E-state index contributed by atoms with van der Waals surface area (Å²) in [5.74, 6) is -0.277. The van der Waals surface area contributed by atoms with Gasteiger partial charge in [0, 0.05) is 6.54 Å². The Bertz CT molecular complexity index is 270. The Labute approximate surface area is 110 Å². The first kappa shape index (κ1) is 15.4. The molecular weight excluding hydrogens is 230 g/mol. The molecule has 3 unspecified atom stereocenters. The largest absolute Gasteiger partial charge is 0.480 e. The van der Waals surface area contributed by atoms with Crippen molar-refractivity contribution in [3.05, 3.63) is 0 Å². The van der Waals surface area contributed by atoms with Gasteiger partial charge in [-0.1, -0.05) is 39.5 Å². The smallest absolute Gasteiger partial charge is 0.320 e. The van der Waals surface area contributed by atoms with Crippen LogP contribution in [0.4, 0.5) is 0 Å². The van der Waals surface area contributed by atoms with E-state index in [0.717, 1.165) is 32.1 Å². The quantitative estimate of drug-likeness (QED) is 0.653. The van der Waals surface area contributed by atoms with E-state index in [9.17, 15) is 9.90 Å². The van der Waals surface area contributed by atoms with Crippen molar-refractivity contribution in [2.45, 2.75) is 70.4 Å². The maximum Gasteiger partial charge on any atom is 0.320 e. The first-order valence-electron chi connectivity index (χ1n) is 7.15. The van der Waals surface area contributed by atoms with E-state index >= 15 is 0 Å². The Morgan fingerprint density at radius 1 is 1.56 bits per heavy atom. The molecule has 0 aromatic heterocycles. The minimum Gasteiger partial charge on any atom is -0.480 e. The van der Waals surface area contributed by atoms with Crippen LogP contribution in [0.2, 0.25) is 0 Å². The van der Waals surface area contributed by atoms with Gasteiger partial charge in [-0.25, -0.2) is 0 Å². The first-order chi connectivity index (χ1) is 8.47. The van der Waals surface area contributed by atoms with Gasteiger partial charge in [-0.2, -0.15) is 0 Å². The average molecular weight is 257 g/mol. The zero-order valence-corrected chi connectivity index (χ0v) is 11.6. The molecule has 0 aromatic carbocycles. The Morgan fingerprint density at radius 3 is 2.83 bits per heavy atom. The number of rotatable bonds is 7. The molecule has 18 heavy (non-hydrogen) atoms. The molecule has 3 N–H and O–H groups in total. The van der Waals surface area contributed by atoms with E-state index in [0.29, 0.717) is 18.9 Å². The molecule has 0 heterocycles. The molecule has 4 heteroatoms. The number of aliphatic carboxylic acids is 1. The van der Waals surface area contributed by atoms with Crippen LogP contribution in [0.5, 0.6) is 0 Å². The van der Waals surface area contributed by atoms with Crippen molar-refractivity contribution in [1.82, 2.24) is 5.32 Å². The highest BCUT2D eigenvalue weighted by molar-refractivity contribution is 5.73. The number of carboxylic acids is 1. The van der Waals surface area contributed by atoms with Crippen molar-refractivity contribution >= 4 is 5.97 Å². The summed E-state index contributed by atoms with van der Waals surface area (Å²) in [7, 11) is 0. The van der Waals surface area contributed by atoms with E-state index in [1.807, 2.05) is 0 Å². The lowest BCUT2D eigenvalue weighted by Gasteiger charge is -2.36. The summed E-state index contributed by atoms with van der Waals surface area (Å²) in [4.78, 5) is 11.1. The third-order valence-corrected chi connectivity index (χ3v) is 3.89. The molecule has 1 aliphatic carbocycles. The Kier molecular flexibility index (Phi) is 6.09. The molecule has 0 aliphatic heterocycles. The first-order valence-corrected chi connectivity index (χ1v) is 7.15. The van der Waals surface area contributed by atoms with Crippen LogP contribution in [0.1, 0.15) is 58.8 Å². The van der Waals surface area contributed by atoms with Gasteiger partial charge in [0.05, 0.1) is 5.60 Å². The summed E-state index contributed by atoms with van der Waals surface area (Å²) in [6.45, 7) is 4.60. The van der Waals surface area contributed by atoms with Gasteiger partial charge < -0.3 is 15.5 Å². The molecule has 0 spiro atoms. The maximum atomic E-state index is 11.1. The summed E-state index contributed by atoms with van der Waals surface area (Å²) in [6, 6.07) is -0.522. The van der Waals surface area contributed by atoms with Gasteiger partial charge in [-0.3, -0.25) is 4.79 Å². The molecule has 1 saturated carbocycles. The highest BCUT2D eigenvalue weighted by atomic mass is 16.4. The molecule has 1 fully saturated rings. The number of unbranched alkanes of at least 4 members (excludes halogenated alkanes) is 1. The van der Waals surface area contributed by atoms with Crippen LogP contribution in [0, 0.1) is 5.92 Å². The van der Waals surface area contributed by atoms with Crippen LogP contribution < -0.4 is 5.32 Å². The minimum absolute atomic E-state index is 0.401. The van der Waals surface area contributed by atoms with Crippen LogP contribution in [0.25, 0.3) is 0 Å². The highest BCUT2D eigenvalue weighted by Gasteiger charge is 2.33. The molecule has 0 amide bonds. The van der Waals surface area contributed by atoms with E-state index in [1.54, 1.807) is 0 Å². The molecule has 0 radical (unpaired) electrons. The van der Waals surface area contributed by atoms with E-state index in [2.05, 4.69) is 19.2 Å². The molecule has 0 aromatic rings. The molecule has 0 bridgehead atoms. The second-order valence-electron chi connectivity index (χ2n) is 5.84. The van der Waals surface area contributed by atoms with Crippen molar-refractivity contribution < 1.29 is 15.0 Å². The summed E-state index contributed by atoms with van der Waals surface area (Å²) >= 11 is 0. The van der Waals surface area contributed by atoms with E-state index < -0.39 is 17.6 Å². The second kappa shape index (κ2) is 7.10. The Balaban J connectivity index is 2.42. The van der Waals surface area contributed by atoms with E-state index in [-0.39, 0.29) is 0 Å². The Morgan fingerprint density at radius 2 is 2.28 bits per heavy atom. The number of hydrogen-bond donors (Lipinski definition) is 3. The van der Waals surface area contributed by atoms with E-state index in [1.165, 1.54) is 6.42 Å². The molecule has 106 valence electrons.